The maximum atomic E-state index is 12.9. The molecular weight excluding hydrogens is 353 g/mol. The zero-order valence-corrected chi connectivity index (χ0v) is 15.0. The second-order valence-corrected chi connectivity index (χ2v) is 5.97. The molecule has 0 atom stereocenters. The summed E-state index contributed by atoms with van der Waals surface area (Å²) in [5, 5.41) is 2.88. The smallest absolute Gasteiger partial charge is 0.326 e. The van der Waals surface area contributed by atoms with Crippen LogP contribution in [0, 0.1) is 6.92 Å². The van der Waals surface area contributed by atoms with Gasteiger partial charge in [-0.15, -0.1) is 0 Å². The van der Waals surface area contributed by atoms with Crippen LogP contribution in [-0.4, -0.2) is 16.5 Å². The van der Waals surface area contributed by atoms with Gasteiger partial charge >= 0.3 is 6.18 Å². The molecule has 0 saturated heterocycles. The topological polar surface area (TPSA) is 41.1 Å². The zero-order chi connectivity index (χ0) is 19.4. The van der Waals surface area contributed by atoms with E-state index in [0.29, 0.717) is 18.1 Å². The molecule has 4 nitrogen and oxygen atoms in total. The molecule has 0 fully saturated rings. The maximum absolute atomic E-state index is 12.9. The summed E-state index contributed by atoms with van der Waals surface area (Å²) in [6.07, 6.45) is -4.40. The third-order valence-electron chi connectivity index (χ3n) is 3.95. The minimum Gasteiger partial charge on any atom is -0.326 e. The van der Waals surface area contributed by atoms with Gasteiger partial charge in [0.25, 0.3) is 0 Å². The quantitative estimate of drug-likeness (QED) is 0.623. The van der Waals surface area contributed by atoms with Gasteiger partial charge in [-0.1, -0.05) is 24.3 Å². The van der Waals surface area contributed by atoms with Crippen molar-refractivity contribution in [2.45, 2.75) is 20.0 Å². The number of hydrogen-bond acceptors (Lipinski definition) is 4. The second-order valence-electron chi connectivity index (χ2n) is 5.97. The number of nitrogens with one attached hydrogen (secondary N) is 1. The van der Waals surface area contributed by atoms with Crippen molar-refractivity contribution in [3.8, 4) is 0 Å². The number of rotatable bonds is 5. The van der Waals surface area contributed by atoms with E-state index in [0.717, 1.165) is 17.8 Å². The number of para-hydroxylation sites is 1. The summed E-state index contributed by atoms with van der Waals surface area (Å²) in [5.41, 5.74) is 1.25. The first kappa shape index (κ1) is 18.7. The average Bonchev–Trinajstić information content (AvgIpc) is 2.62. The molecule has 27 heavy (non-hydrogen) atoms. The Labute approximate surface area is 155 Å². The molecule has 0 amide bonds. The fourth-order valence-corrected chi connectivity index (χ4v) is 2.73. The largest absolute Gasteiger partial charge is 0.416 e. The highest BCUT2D eigenvalue weighted by atomic mass is 19.4. The molecule has 0 saturated carbocycles. The van der Waals surface area contributed by atoms with Crippen LogP contribution in [0.4, 0.5) is 36.3 Å². The SMILES string of the molecule is CCN(c1ccccc1)c1cc(C)nc(Nc2cccc(C(F)(F)F)c2)n1. The van der Waals surface area contributed by atoms with E-state index in [9.17, 15) is 13.2 Å². The van der Waals surface area contributed by atoms with E-state index in [1.165, 1.54) is 6.07 Å². The van der Waals surface area contributed by atoms with Crippen LogP contribution >= 0.6 is 0 Å². The van der Waals surface area contributed by atoms with Gasteiger partial charge in [0.2, 0.25) is 5.95 Å². The van der Waals surface area contributed by atoms with Gasteiger partial charge in [-0.05, 0) is 44.2 Å². The van der Waals surface area contributed by atoms with Crippen molar-refractivity contribution < 1.29 is 13.2 Å². The van der Waals surface area contributed by atoms with Crippen LogP contribution in [0.25, 0.3) is 0 Å². The van der Waals surface area contributed by atoms with Gasteiger partial charge in [0.1, 0.15) is 5.82 Å². The van der Waals surface area contributed by atoms with Gasteiger partial charge in [0, 0.05) is 29.7 Å². The van der Waals surface area contributed by atoms with Crippen molar-refractivity contribution in [2.24, 2.45) is 0 Å². The van der Waals surface area contributed by atoms with Crippen LogP contribution in [0.3, 0.4) is 0 Å². The lowest BCUT2D eigenvalue weighted by Gasteiger charge is -2.23. The van der Waals surface area contributed by atoms with Gasteiger partial charge in [0.15, 0.2) is 0 Å². The van der Waals surface area contributed by atoms with Crippen LogP contribution in [0.2, 0.25) is 0 Å². The molecule has 1 aromatic heterocycles. The van der Waals surface area contributed by atoms with Crippen molar-refractivity contribution in [2.75, 3.05) is 16.8 Å². The van der Waals surface area contributed by atoms with Crippen molar-refractivity contribution in [1.29, 1.82) is 0 Å². The molecule has 0 unspecified atom stereocenters. The number of nitrogens with zero attached hydrogens (tertiary/aromatic N) is 3. The lowest BCUT2D eigenvalue weighted by molar-refractivity contribution is -0.137. The molecule has 2 aromatic carbocycles. The molecule has 1 heterocycles. The standard InChI is InChI=1S/C20H19F3N4/c1-3-27(17-10-5-4-6-11-17)18-12-14(2)24-19(26-18)25-16-9-7-8-15(13-16)20(21,22)23/h4-13H,3H2,1-2H3,(H,24,25,26). The molecule has 0 aliphatic carbocycles. The highest BCUT2D eigenvalue weighted by Gasteiger charge is 2.30. The first-order valence-corrected chi connectivity index (χ1v) is 8.49. The minimum absolute atomic E-state index is 0.249. The molecule has 1 N–H and O–H groups in total. The predicted octanol–water partition coefficient (Wildman–Crippen LogP) is 5.71. The van der Waals surface area contributed by atoms with E-state index in [2.05, 4.69) is 15.3 Å². The van der Waals surface area contributed by atoms with Crippen LogP contribution in [0.15, 0.2) is 60.7 Å². The van der Waals surface area contributed by atoms with Crippen molar-refractivity contribution in [1.82, 2.24) is 9.97 Å². The lowest BCUT2D eigenvalue weighted by Crippen LogP contribution is -2.18. The minimum atomic E-state index is -4.40. The first-order chi connectivity index (χ1) is 12.9. The summed E-state index contributed by atoms with van der Waals surface area (Å²) in [6.45, 7) is 4.51. The molecular formula is C20H19F3N4. The van der Waals surface area contributed by atoms with Gasteiger partial charge in [-0.3, -0.25) is 0 Å². The fourth-order valence-electron chi connectivity index (χ4n) is 2.73. The Bertz CT molecular complexity index is 911. The Hall–Kier alpha value is -3.09. The molecule has 0 aliphatic heterocycles. The summed E-state index contributed by atoms with van der Waals surface area (Å²) < 4.78 is 38.7. The van der Waals surface area contributed by atoms with Crippen molar-refractivity contribution >= 4 is 23.1 Å². The Morgan fingerprint density at radius 1 is 0.963 bits per heavy atom. The fraction of sp³-hybridized carbons (Fsp3) is 0.200. The molecule has 0 bridgehead atoms. The van der Waals surface area contributed by atoms with E-state index in [4.69, 9.17) is 0 Å². The van der Waals surface area contributed by atoms with Crippen molar-refractivity contribution in [3.63, 3.8) is 0 Å². The summed E-state index contributed by atoms with van der Waals surface area (Å²) >= 11 is 0. The number of alkyl halides is 3. The summed E-state index contributed by atoms with van der Waals surface area (Å²) in [4.78, 5) is 10.8. The Kier molecular flexibility index (Phi) is 5.30. The highest BCUT2D eigenvalue weighted by Crippen LogP contribution is 2.31. The maximum Gasteiger partial charge on any atom is 0.416 e. The van der Waals surface area contributed by atoms with E-state index >= 15 is 0 Å². The number of halogens is 3. The number of anilines is 4. The van der Waals surface area contributed by atoms with Crippen molar-refractivity contribution in [3.05, 3.63) is 71.9 Å². The Morgan fingerprint density at radius 3 is 2.37 bits per heavy atom. The number of hydrogen-bond donors (Lipinski definition) is 1. The summed E-state index contributed by atoms with van der Waals surface area (Å²) in [7, 11) is 0. The van der Waals surface area contributed by atoms with Crippen LogP contribution in [-0.2, 0) is 6.18 Å². The lowest BCUT2D eigenvalue weighted by atomic mass is 10.2. The molecule has 0 radical (unpaired) electrons. The van der Waals surface area contributed by atoms with Gasteiger partial charge in [-0.2, -0.15) is 18.2 Å². The molecule has 7 heteroatoms. The van der Waals surface area contributed by atoms with E-state index in [-0.39, 0.29) is 11.6 Å². The highest BCUT2D eigenvalue weighted by molar-refractivity contribution is 5.63. The first-order valence-electron chi connectivity index (χ1n) is 8.49. The third kappa shape index (κ3) is 4.55. The molecule has 3 aromatic rings. The van der Waals surface area contributed by atoms with E-state index in [1.54, 1.807) is 6.07 Å². The van der Waals surface area contributed by atoms with E-state index < -0.39 is 11.7 Å². The molecule has 0 aliphatic rings. The zero-order valence-electron chi connectivity index (χ0n) is 15.0. The Morgan fingerprint density at radius 2 is 1.70 bits per heavy atom. The van der Waals surface area contributed by atoms with Crippen LogP contribution in [0.5, 0.6) is 0 Å². The van der Waals surface area contributed by atoms with Gasteiger partial charge < -0.3 is 10.2 Å². The average molecular weight is 372 g/mol. The monoisotopic (exact) mass is 372 g/mol. The predicted molar refractivity (Wildman–Crippen MR) is 101 cm³/mol. The molecule has 3 rings (SSSR count). The Balaban J connectivity index is 1.92. The van der Waals surface area contributed by atoms with Gasteiger partial charge in [0.05, 0.1) is 5.56 Å². The third-order valence-corrected chi connectivity index (χ3v) is 3.95. The normalized spacial score (nSPS) is 11.3. The molecule has 140 valence electrons. The van der Waals surface area contributed by atoms with Gasteiger partial charge in [-0.25, -0.2) is 4.98 Å². The van der Waals surface area contributed by atoms with Crippen LogP contribution in [0.1, 0.15) is 18.2 Å². The number of aromatic nitrogens is 2. The summed E-state index contributed by atoms with van der Waals surface area (Å²) in [5.74, 6) is 0.921. The molecule has 0 spiro atoms. The summed E-state index contributed by atoms with van der Waals surface area (Å²) in [6, 6.07) is 16.6. The second kappa shape index (κ2) is 7.65. The number of aryl methyl sites for hydroxylation is 1. The van der Waals surface area contributed by atoms with E-state index in [1.807, 2.05) is 55.1 Å². The number of benzene rings is 2. The van der Waals surface area contributed by atoms with Crippen LogP contribution < -0.4 is 10.2 Å².